The van der Waals surface area contributed by atoms with E-state index in [9.17, 15) is 4.79 Å². The number of hydrogen-bond acceptors (Lipinski definition) is 5. The lowest BCUT2D eigenvalue weighted by Gasteiger charge is -2.36. The van der Waals surface area contributed by atoms with Crippen molar-refractivity contribution in [1.82, 2.24) is 24.9 Å². The van der Waals surface area contributed by atoms with Crippen LogP contribution < -0.4 is 10.2 Å². The van der Waals surface area contributed by atoms with Crippen molar-refractivity contribution in [3.05, 3.63) is 17.6 Å². The second-order valence-corrected chi connectivity index (χ2v) is 8.82. The number of piperidine rings is 1. The molecule has 28 heavy (non-hydrogen) atoms. The number of nitrogens with zero attached hydrogens (tertiary/aromatic N) is 5. The zero-order valence-corrected chi connectivity index (χ0v) is 16.7. The summed E-state index contributed by atoms with van der Waals surface area (Å²) in [5, 5.41) is 7.80. The Morgan fingerprint density at radius 1 is 1.11 bits per heavy atom. The van der Waals surface area contributed by atoms with Gasteiger partial charge in [0.25, 0.3) is 5.78 Å². The van der Waals surface area contributed by atoms with Crippen LogP contribution in [-0.4, -0.2) is 44.6 Å². The summed E-state index contributed by atoms with van der Waals surface area (Å²) in [5.74, 6) is 2.87. The summed E-state index contributed by atoms with van der Waals surface area (Å²) in [5.41, 5.74) is 2.51. The van der Waals surface area contributed by atoms with E-state index in [2.05, 4.69) is 32.2 Å². The maximum absolute atomic E-state index is 12.8. The van der Waals surface area contributed by atoms with Gasteiger partial charge >= 0.3 is 0 Å². The molecule has 2 aliphatic carbocycles. The summed E-state index contributed by atoms with van der Waals surface area (Å²) in [4.78, 5) is 24.3. The Hall–Kier alpha value is -2.18. The van der Waals surface area contributed by atoms with E-state index >= 15 is 0 Å². The molecule has 2 fully saturated rings. The van der Waals surface area contributed by atoms with E-state index in [1.165, 1.54) is 30.5 Å². The van der Waals surface area contributed by atoms with Crippen LogP contribution in [0.25, 0.3) is 5.78 Å². The number of rotatable bonds is 3. The smallest absolute Gasteiger partial charge is 0.254 e. The van der Waals surface area contributed by atoms with E-state index in [1.54, 1.807) is 6.33 Å². The van der Waals surface area contributed by atoms with Crippen molar-refractivity contribution in [3.8, 4) is 0 Å². The summed E-state index contributed by atoms with van der Waals surface area (Å²) in [6.45, 7) is 4.06. The Bertz CT molecular complexity index is 869. The number of aromatic nitrogens is 4. The number of carbonyl (C=O) groups excluding carboxylic acids is 1. The molecule has 1 saturated heterocycles. The maximum Gasteiger partial charge on any atom is 0.254 e. The van der Waals surface area contributed by atoms with Crippen LogP contribution in [-0.2, 0) is 17.6 Å². The Kier molecular flexibility index (Phi) is 4.69. The zero-order valence-electron chi connectivity index (χ0n) is 16.7. The van der Waals surface area contributed by atoms with Gasteiger partial charge in [0.15, 0.2) is 0 Å². The quantitative estimate of drug-likeness (QED) is 0.883. The van der Waals surface area contributed by atoms with Crippen molar-refractivity contribution in [1.29, 1.82) is 0 Å². The van der Waals surface area contributed by atoms with Crippen LogP contribution in [0.1, 0.15) is 63.1 Å². The van der Waals surface area contributed by atoms with Gasteiger partial charge in [-0.3, -0.25) is 4.79 Å². The van der Waals surface area contributed by atoms with Crippen LogP contribution >= 0.6 is 0 Å². The highest BCUT2D eigenvalue weighted by atomic mass is 16.2. The first-order valence-electron chi connectivity index (χ1n) is 11.0. The minimum absolute atomic E-state index is 0.131. The Morgan fingerprint density at radius 3 is 2.75 bits per heavy atom. The third-order valence-electron chi connectivity index (χ3n) is 7.03. The summed E-state index contributed by atoms with van der Waals surface area (Å²) in [7, 11) is 0. The molecule has 2 aromatic rings. The highest BCUT2D eigenvalue weighted by Gasteiger charge is 2.32. The lowest BCUT2D eigenvalue weighted by atomic mass is 9.85. The molecule has 7 heteroatoms. The molecule has 0 aromatic carbocycles. The van der Waals surface area contributed by atoms with Crippen LogP contribution in [0, 0.1) is 11.8 Å². The minimum Gasteiger partial charge on any atom is -0.356 e. The largest absolute Gasteiger partial charge is 0.356 e. The predicted molar refractivity (Wildman–Crippen MR) is 107 cm³/mol. The first-order valence-corrected chi connectivity index (χ1v) is 11.0. The van der Waals surface area contributed by atoms with Gasteiger partial charge in [-0.25, -0.2) is 4.98 Å². The number of amides is 1. The van der Waals surface area contributed by atoms with Gasteiger partial charge in [-0.05, 0) is 50.9 Å². The monoisotopic (exact) mass is 382 g/mol. The maximum atomic E-state index is 12.8. The van der Waals surface area contributed by atoms with Crippen LogP contribution in [0.15, 0.2) is 6.33 Å². The molecule has 5 rings (SSSR count). The molecule has 2 aromatic heterocycles. The van der Waals surface area contributed by atoms with Gasteiger partial charge in [0.1, 0.15) is 12.1 Å². The molecular weight excluding hydrogens is 352 g/mol. The summed E-state index contributed by atoms with van der Waals surface area (Å²) < 4.78 is 1.90. The van der Waals surface area contributed by atoms with Crippen molar-refractivity contribution in [3.63, 3.8) is 0 Å². The summed E-state index contributed by atoms with van der Waals surface area (Å²) in [6, 6.07) is 0.373. The van der Waals surface area contributed by atoms with Gasteiger partial charge < -0.3 is 10.2 Å². The molecule has 1 saturated carbocycles. The van der Waals surface area contributed by atoms with Crippen LogP contribution in [0.5, 0.6) is 0 Å². The fraction of sp³-hybridized carbons (Fsp3) is 0.714. The molecule has 7 nitrogen and oxygen atoms in total. The number of fused-ring (bicyclic) bond motifs is 2. The van der Waals surface area contributed by atoms with E-state index < -0.39 is 0 Å². The number of carbonyl (C=O) groups is 1. The van der Waals surface area contributed by atoms with Crippen LogP contribution in [0.3, 0.4) is 0 Å². The molecule has 0 bridgehead atoms. The molecule has 3 aliphatic rings. The van der Waals surface area contributed by atoms with E-state index in [-0.39, 0.29) is 11.8 Å². The first-order chi connectivity index (χ1) is 13.7. The molecule has 1 amide bonds. The SMILES string of the molecule is C[C@H]1CCCC[C@@H]1NC(=O)C1CCN(c2c3c(nc4ncnn24)CCC3)CC1. The zero-order chi connectivity index (χ0) is 19.1. The molecule has 0 unspecified atom stereocenters. The third kappa shape index (κ3) is 3.14. The van der Waals surface area contributed by atoms with Gasteiger partial charge in [-0.1, -0.05) is 19.8 Å². The van der Waals surface area contributed by atoms with Gasteiger partial charge in [0.05, 0.1) is 5.69 Å². The topological polar surface area (TPSA) is 75.4 Å². The number of anilines is 1. The van der Waals surface area contributed by atoms with Crippen molar-refractivity contribution >= 4 is 17.5 Å². The second-order valence-electron chi connectivity index (χ2n) is 8.82. The molecule has 3 heterocycles. The molecular formula is C21H30N6O. The van der Waals surface area contributed by atoms with E-state index in [4.69, 9.17) is 0 Å². The minimum atomic E-state index is 0.131. The molecule has 2 atom stereocenters. The fourth-order valence-corrected chi connectivity index (χ4v) is 5.31. The molecule has 0 spiro atoms. The molecule has 150 valence electrons. The second kappa shape index (κ2) is 7.33. The Balaban J connectivity index is 1.28. The first kappa shape index (κ1) is 17.9. The number of nitrogens with one attached hydrogen (secondary N) is 1. The Morgan fingerprint density at radius 2 is 1.93 bits per heavy atom. The lowest BCUT2D eigenvalue weighted by Crippen LogP contribution is -2.47. The standard InChI is InChI=1S/C21H30N6O/c1-14-5-2-3-7-17(14)24-19(28)15-9-11-26(12-10-15)20-16-6-4-8-18(16)25-21-22-13-23-27(20)21/h13-15,17H,2-12H2,1H3,(H,24,28)/t14-,17-/m0/s1. The van der Waals surface area contributed by atoms with Gasteiger partial charge in [0.2, 0.25) is 5.91 Å². The molecule has 1 aliphatic heterocycles. The summed E-state index contributed by atoms with van der Waals surface area (Å²) >= 11 is 0. The average Bonchev–Trinajstić information content (AvgIpc) is 3.37. The van der Waals surface area contributed by atoms with Gasteiger partial charge in [0, 0.05) is 30.6 Å². The van der Waals surface area contributed by atoms with Crippen molar-refractivity contribution < 1.29 is 4.79 Å². The predicted octanol–water partition coefficient (Wildman–Crippen LogP) is 2.52. The summed E-state index contributed by atoms with van der Waals surface area (Å²) in [6.07, 6.45) is 11.6. The van der Waals surface area contributed by atoms with Crippen molar-refractivity contribution in [2.45, 2.75) is 70.8 Å². The van der Waals surface area contributed by atoms with Crippen molar-refractivity contribution in [2.24, 2.45) is 11.8 Å². The highest BCUT2D eigenvalue weighted by Crippen LogP contribution is 2.33. The highest BCUT2D eigenvalue weighted by molar-refractivity contribution is 5.79. The third-order valence-corrected chi connectivity index (χ3v) is 7.03. The average molecular weight is 383 g/mol. The lowest BCUT2D eigenvalue weighted by molar-refractivity contribution is -0.126. The van der Waals surface area contributed by atoms with Crippen LogP contribution in [0.2, 0.25) is 0 Å². The van der Waals surface area contributed by atoms with Gasteiger partial charge in [-0.2, -0.15) is 14.6 Å². The molecule has 0 radical (unpaired) electrons. The normalized spacial score (nSPS) is 25.8. The van der Waals surface area contributed by atoms with Crippen LogP contribution in [0.4, 0.5) is 5.82 Å². The molecule has 1 N–H and O–H groups in total. The Labute approximate surface area is 165 Å². The fourth-order valence-electron chi connectivity index (χ4n) is 5.31. The van der Waals surface area contributed by atoms with Gasteiger partial charge in [-0.15, -0.1) is 0 Å². The van der Waals surface area contributed by atoms with E-state index in [0.717, 1.165) is 57.4 Å². The number of hydrogen-bond donors (Lipinski definition) is 1. The van der Waals surface area contributed by atoms with E-state index in [0.29, 0.717) is 17.7 Å². The number of aryl methyl sites for hydroxylation is 1. The van der Waals surface area contributed by atoms with E-state index in [1.807, 2.05) is 4.52 Å². The van der Waals surface area contributed by atoms with Crippen molar-refractivity contribution in [2.75, 3.05) is 18.0 Å².